The molecule has 1 aromatic carbocycles. The highest BCUT2D eigenvalue weighted by atomic mass is 32.2. The van der Waals surface area contributed by atoms with Gasteiger partial charge in [-0.2, -0.15) is 0 Å². The molecule has 0 spiro atoms. The van der Waals surface area contributed by atoms with Gasteiger partial charge in [0, 0.05) is 5.69 Å². The van der Waals surface area contributed by atoms with Crippen LogP contribution < -0.4 is 10.5 Å². The lowest BCUT2D eigenvalue weighted by Gasteiger charge is -2.20. The van der Waals surface area contributed by atoms with Gasteiger partial charge in [-0.15, -0.1) is 0 Å². The Labute approximate surface area is 117 Å². The Balaban J connectivity index is 1.89. The van der Waals surface area contributed by atoms with E-state index in [2.05, 4.69) is 4.72 Å². The first kappa shape index (κ1) is 13.8. The van der Waals surface area contributed by atoms with Gasteiger partial charge in [0.25, 0.3) is 0 Å². The molecule has 20 heavy (non-hydrogen) atoms. The van der Waals surface area contributed by atoms with Crippen molar-refractivity contribution in [2.24, 2.45) is 0 Å². The maximum atomic E-state index is 14.0. The molecule has 0 aliphatic carbocycles. The molecule has 0 amide bonds. The summed E-state index contributed by atoms with van der Waals surface area (Å²) in [6, 6.07) is 2.29. The number of nitrogen functional groups attached to an aromatic ring is 1. The Morgan fingerprint density at radius 2 is 2.15 bits per heavy atom. The van der Waals surface area contributed by atoms with E-state index in [1.165, 1.54) is 13.0 Å². The lowest BCUT2D eigenvalue weighted by molar-refractivity contribution is 0.0996. The van der Waals surface area contributed by atoms with Crippen LogP contribution in [0.1, 0.15) is 24.8 Å². The number of anilines is 1. The predicted octanol–water partition coefficient (Wildman–Crippen LogP) is 1.31. The number of ether oxygens (including phenoxy) is 1. The van der Waals surface area contributed by atoms with Gasteiger partial charge in [-0.05, 0) is 43.9 Å². The third-order valence-electron chi connectivity index (χ3n) is 3.95. The van der Waals surface area contributed by atoms with Crippen molar-refractivity contribution < 1.29 is 17.5 Å². The molecule has 2 aliphatic rings. The summed E-state index contributed by atoms with van der Waals surface area (Å²) in [5.41, 5.74) is 6.06. The molecule has 5 nitrogen and oxygen atoms in total. The minimum atomic E-state index is -3.93. The maximum absolute atomic E-state index is 14.0. The van der Waals surface area contributed by atoms with Crippen LogP contribution in [0.3, 0.4) is 0 Å². The lowest BCUT2D eigenvalue weighted by Crippen LogP contribution is -2.41. The molecule has 2 fully saturated rings. The van der Waals surface area contributed by atoms with Gasteiger partial charge in [0.1, 0.15) is 10.7 Å². The van der Waals surface area contributed by atoms with Crippen LogP contribution in [-0.4, -0.2) is 26.7 Å². The standard InChI is InChI=1S/C13H17FN2O3S/c1-7-4-8(15)5-12(13(7)14)20(17,18)16-10-6-9-2-3-11(10)19-9/h4-5,9-11,16H,2-3,6,15H2,1H3. The molecular weight excluding hydrogens is 283 g/mol. The maximum Gasteiger partial charge on any atom is 0.243 e. The molecule has 7 heteroatoms. The average Bonchev–Trinajstić information content (AvgIpc) is 2.95. The van der Waals surface area contributed by atoms with Crippen molar-refractivity contribution in [1.29, 1.82) is 0 Å². The van der Waals surface area contributed by atoms with Gasteiger partial charge in [-0.3, -0.25) is 0 Å². The summed E-state index contributed by atoms with van der Waals surface area (Å²) in [4.78, 5) is -0.391. The highest BCUT2D eigenvalue weighted by Crippen LogP contribution is 2.35. The van der Waals surface area contributed by atoms with E-state index in [9.17, 15) is 12.8 Å². The molecule has 3 N–H and O–H groups in total. The Morgan fingerprint density at radius 3 is 2.75 bits per heavy atom. The largest absolute Gasteiger partial charge is 0.399 e. The Morgan fingerprint density at radius 1 is 1.40 bits per heavy atom. The van der Waals surface area contributed by atoms with Crippen LogP contribution in [0.15, 0.2) is 17.0 Å². The fraction of sp³-hybridized carbons (Fsp3) is 0.538. The number of halogens is 1. The first-order valence-corrected chi connectivity index (χ1v) is 8.08. The van der Waals surface area contributed by atoms with E-state index in [0.29, 0.717) is 6.42 Å². The van der Waals surface area contributed by atoms with E-state index >= 15 is 0 Å². The second kappa shape index (κ2) is 4.68. The quantitative estimate of drug-likeness (QED) is 0.825. The van der Waals surface area contributed by atoms with E-state index in [-0.39, 0.29) is 29.5 Å². The van der Waals surface area contributed by atoms with E-state index in [0.717, 1.165) is 18.9 Å². The molecule has 0 aromatic heterocycles. The molecule has 3 atom stereocenters. The Bertz CT molecular complexity index is 647. The molecule has 3 unspecified atom stereocenters. The molecule has 2 bridgehead atoms. The number of hydrogen-bond acceptors (Lipinski definition) is 4. The van der Waals surface area contributed by atoms with Crippen molar-refractivity contribution >= 4 is 15.7 Å². The second-order valence-electron chi connectivity index (χ2n) is 5.49. The minimum Gasteiger partial charge on any atom is -0.399 e. The van der Waals surface area contributed by atoms with Gasteiger partial charge in [-0.25, -0.2) is 17.5 Å². The highest BCUT2D eigenvalue weighted by molar-refractivity contribution is 7.89. The molecule has 1 aromatic rings. The Kier molecular flexibility index (Phi) is 3.23. The zero-order valence-corrected chi connectivity index (χ0v) is 11.9. The van der Waals surface area contributed by atoms with Gasteiger partial charge >= 0.3 is 0 Å². The third kappa shape index (κ3) is 2.30. The summed E-state index contributed by atoms with van der Waals surface area (Å²) < 4.78 is 46.8. The average molecular weight is 300 g/mol. The highest BCUT2D eigenvalue weighted by Gasteiger charge is 2.42. The van der Waals surface area contributed by atoms with Gasteiger partial charge in [0.2, 0.25) is 10.0 Å². The fourth-order valence-corrected chi connectivity index (χ4v) is 4.45. The summed E-state index contributed by atoms with van der Waals surface area (Å²) in [6.45, 7) is 1.49. The number of sulfonamides is 1. The third-order valence-corrected chi connectivity index (χ3v) is 5.43. The van der Waals surface area contributed by atoms with Crippen molar-refractivity contribution in [3.63, 3.8) is 0 Å². The summed E-state index contributed by atoms with van der Waals surface area (Å²) in [7, 11) is -3.93. The van der Waals surface area contributed by atoms with Gasteiger partial charge in [-0.1, -0.05) is 0 Å². The first-order chi connectivity index (χ1) is 9.37. The van der Waals surface area contributed by atoms with Crippen molar-refractivity contribution in [2.45, 2.75) is 49.3 Å². The summed E-state index contributed by atoms with van der Waals surface area (Å²) in [6.07, 6.45) is 2.48. The predicted molar refractivity (Wildman–Crippen MR) is 72.2 cm³/mol. The normalized spacial score (nSPS) is 29.0. The smallest absolute Gasteiger partial charge is 0.243 e. The van der Waals surface area contributed by atoms with Crippen LogP contribution in [0, 0.1) is 12.7 Å². The number of benzene rings is 1. The zero-order chi connectivity index (χ0) is 14.5. The summed E-state index contributed by atoms with van der Waals surface area (Å²) >= 11 is 0. The SMILES string of the molecule is Cc1cc(N)cc(S(=O)(=O)NC2CC3CCC2O3)c1F. The fourth-order valence-electron chi connectivity index (χ4n) is 2.98. The zero-order valence-electron chi connectivity index (χ0n) is 11.1. The molecule has 3 rings (SSSR count). The van der Waals surface area contributed by atoms with Crippen LogP contribution in [0.4, 0.5) is 10.1 Å². The van der Waals surface area contributed by atoms with Gasteiger partial charge < -0.3 is 10.5 Å². The molecule has 2 saturated heterocycles. The summed E-state index contributed by atoms with van der Waals surface area (Å²) in [5.74, 6) is -0.754. The van der Waals surface area contributed by atoms with Crippen LogP contribution in [-0.2, 0) is 14.8 Å². The molecule has 2 heterocycles. The number of nitrogens with one attached hydrogen (secondary N) is 1. The molecule has 110 valence electrons. The molecular formula is C13H17FN2O3S. The summed E-state index contributed by atoms with van der Waals surface area (Å²) in [5, 5.41) is 0. The first-order valence-electron chi connectivity index (χ1n) is 6.60. The minimum absolute atomic E-state index is 0.0972. The molecule has 0 saturated carbocycles. The molecule has 2 aliphatic heterocycles. The van der Waals surface area contributed by atoms with Crippen molar-refractivity contribution in [3.8, 4) is 0 Å². The van der Waals surface area contributed by atoms with Crippen LogP contribution >= 0.6 is 0 Å². The lowest BCUT2D eigenvalue weighted by atomic mass is 9.96. The van der Waals surface area contributed by atoms with Crippen LogP contribution in [0.5, 0.6) is 0 Å². The van der Waals surface area contributed by atoms with Crippen molar-refractivity contribution in [1.82, 2.24) is 4.72 Å². The van der Waals surface area contributed by atoms with E-state index in [1.54, 1.807) is 0 Å². The van der Waals surface area contributed by atoms with Crippen molar-refractivity contribution in [3.05, 3.63) is 23.5 Å². The monoisotopic (exact) mass is 300 g/mol. The van der Waals surface area contributed by atoms with Crippen molar-refractivity contribution in [2.75, 3.05) is 5.73 Å². The molecule has 0 radical (unpaired) electrons. The van der Waals surface area contributed by atoms with E-state index < -0.39 is 20.7 Å². The second-order valence-corrected chi connectivity index (χ2v) is 7.17. The Hall–Kier alpha value is -1.18. The van der Waals surface area contributed by atoms with E-state index in [1.807, 2.05) is 0 Å². The number of nitrogens with two attached hydrogens (primary N) is 1. The topological polar surface area (TPSA) is 81.4 Å². The number of hydrogen-bond donors (Lipinski definition) is 2. The van der Waals surface area contributed by atoms with Gasteiger partial charge in [0.05, 0.1) is 18.2 Å². The number of rotatable bonds is 3. The number of fused-ring (bicyclic) bond motifs is 2. The number of aryl methyl sites for hydroxylation is 1. The van der Waals surface area contributed by atoms with Gasteiger partial charge in [0.15, 0.2) is 0 Å². The van der Waals surface area contributed by atoms with Crippen LogP contribution in [0.25, 0.3) is 0 Å². The van der Waals surface area contributed by atoms with E-state index in [4.69, 9.17) is 10.5 Å². The van der Waals surface area contributed by atoms with Crippen LogP contribution in [0.2, 0.25) is 0 Å².